The molecule has 0 spiro atoms. The molecule has 0 aliphatic rings. The predicted molar refractivity (Wildman–Crippen MR) is 93.8 cm³/mol. The summed E-state index contributed by atoms with van der Waals surface area (Å²) in [5, 5.41) is 2.74. The Labute approximate surface area is 142 Å². The molecule has 4 heteroatoms. The van der Waals surface area contributed by atoms with Crippen molar-refractivity contribution in [2.75, 3.05) is 13.2 Å². The van der Waals surface area contributed by atoms with Gasteiger partial charge < -0.3 is 10.1 Å². The van der Waals surface area contributed by atoms with Crippen LogP contribution >= 0.6 is 0 Å². The third-order valence-corrected chi connectivity index (χ3v) is 3.74. The lowest BCUT2D eigenvalue weighted by Crippen LogP contribution is -2.30. The van der Waals surface area contributed by atoms with Gasteiger partial charge in [0.1, 0.15) is 11.6 Å². The van der Waals surface area contributed by atoms with Gasteiger partial charge in [-0.3, -0.25) is 4.79 Å². The van der Waals surface area contributed by atoms with Crippen molar-refractivity contribution in [3.63, 3.8) is 0 Å². The molecule has 2 aromatic rings. The maximum absolute atomic E-state index is 13.5. The number of carbonyl (C=O) groups excluding carboxylic acids is 1. The Kier molecular flexibility index (Phi) is 5.96. The summed E-state index contributed by atoms with van der Waals surface area (Å²) in [5.74, 6) is 0.209. The van der Waals surface area contributed by atoms with Gasteiger partial charge in [-0.05, 0) is 41.2 Å². The van der Waals surface area contributed by atoms with E-state index >= 15 is 0 Å². The van der Waals surface area contributed by atoms with Crippen LogP contribution in [0.25, 0.3) is 0 Å². The molecule has 0 fully saturated rings. The lowest BCUT2D eigenvalue weighted by atomic mass is 9.87. The first-order valence-electron chi connectivity index (χ1n) is 8.10. The third-order valence-electron chi connectivity index (χ3n) is 3.74. The Balaban J connectivity index is 1.78. The van der Waals surface area contributed by atoms with Gasteiger partial charge in [-0.2, -0.15) is 0 Å². The monoisotopic (exact) mass is 329 g/mol. The molecule has 1 N–H and O–H groups in total. The Morgan fingerprint density at radius 1 is 1.12 bits per heavy atom. The highest BCUT2D eigenvalue weighted by Crippen LogP contribution is 2.25. The fraction of sp³-hybridized carbons (Fsp3) is 0.350. The number of ether oxygens (including phenoxy) is 1. The van der Waals surface area contributed by atoms with Crippen molar-refractivity contribution in [2.24, 2.45) is 0 Å². The number of carbonyl (C=O) groups is 1. The molecule has 2 aromatic carbocycles. The summed E-state index contributed by atoms with van der Waals surface area (Å²) in [6.45, 7) is 6.71. The lowest BCUT2D eigenvalue weighted by Gasteiger charge is -2.19. The van der Waals surface area contributed by atoms with E-state index < -0.39 is 0 Å². The topological polar surface area (TPSA) is 38.3 Å². The molecule has 1 amide bonds. The molecule has 0 saturated heterocycles. The van der Waals surface area contributed by atoms with E-state index in [1.54, 1.807) is 18.2 Å². The van der Waals surface area contributed by atoms with Crippen LogP contribution < -0.4 is 10.1 Å². The average molecular weight is 329 g/mol. The van der Waals surface area contributed by atoms with Crippen LogP contribution in [0.2, 0.25) is 0 Å². The molecule has 0 saturated carbocycles. The fourth-order valence-corrected chi connectivity index (χ4v) is 2.29. The van der Waals surface area contributed by atoms with E-state index in [1.807, 2.05) is 24.3 Å². The number of rotatable bonds is 6. The zero-order valence-corrected chi connectivity index (χ0v) is 14.4. The second-order valence-corrected chi connectivity index (χ2v) is 6.76. The minimum Gasteiger partial charge on any atom is -0.484 e. The van der Waals surface area contributed by atoms with Gasteiger partial charge in [-0.15, -0.1) is 0 Å². The van der Waals surface area contributed by atoms with Gasteiger partial charge in [0.25, 0.3) is 5.91 Å². The van der Waals surface area contributed by atoms with Crippen LogP contribution in [-0.2, 0) is 16.6 Å². The maximum atomic E-state index is 13.5. The molecule has 3 nitrogen and oxygen atoms in total. The molecule has 0 heterocycles. The van der Waals surface area contributed by atoms with Gasteiger partial charge in [0.2, 0.25) is 0 Å². The Hall–Kier alpha value is -2.36. The number of benzene rings is 2. The first kappa shape index (κ1) is 18.0. The zero-order chi connectivity index (χ0) is 17.6. The van der Waals surface area contributed by atoms with Gasteiger partial charge in [-0.25, -0.2) is 4.39 Å². The largest absolute Gasteiger partial charge is 0.484 e. The third kappa shape index (κ3) is 5.37. The van der Waals surface area contributed by atoms with E-state index in [-0.39, 0.29) is 23.7 Å². The van der Waals surface area contributed by atoms with E-state index in [1.165, 1.54) is 6.07 Å². The summed E-state index contributed by atoms with van der Waals surface area (Å²) in [5.41, 5.74) is 1.78. The first-order chi connectivity index (χ1) is 11.4. The average Bonchev–Trinajstić information content (AvgIpc) is 2.54. The highest BCUT2D eigenvalue weighted by Gasteiger charge is 2.14. The molecule has 24 heavy (non-hydrogen) atoms. The molecule has 0 aromatic heterocycles. The molecule has 0 atom stereocenters. The van der Waals surface area contributed by atoms with Gasteiger partial charge in [-0.1, -0.05) is 51.1 Å². The summed E-state index contributed by atoms with van der Waals surface area (Å²) in [4.78, 5) is 11.8. The van der Waals surface area contributed by atoms with Gasteiger partial charge in [0, 0.05) is 6.54 Å². The zero-order valence-electron chi connectivity index (χ0n) is 14.4. The van der Waals surface area contributed by atoms with Crippen molar-refractivity contribution in [1.29, 1.82) is 0 Å². The number of nitrogens with one attached hydrogen (secondary N) is 1. The number of halogens is 1. The van der Waals surface area contributed by atoms with Crippen LogP contribution in [0.4, 0.5) is 4.39 Å². The van der Waals surface area contributed by atoms with Crippen molar-refractivity contribution in [3.8, 4) is 5.75 Å². The van der Waals surface area contributed by atoms with E-state index in [9.17, 15) is 9.18 Å². The van der Waals surface area contributed by atoms with Gasteiger partial charge >= 0.3 is 0 Å². The summed E-state index contributed by atoms with van der Waals surface area (Å²) in [6.07, 6.45) is 0.456. The molecule has 0 aliphatic heterocycles. The molecule has 0 unspecified atom stereocenters. The minimum absolute atomic E-state index is 0.0292. The number of hydrogen-bond acceptors (Lipinski definition) is 2. The van der Waals surface area contributed by atoms with Gasteiger partial charge in [0.05, 0.1) is 0 Å². The van der Waals surface area contributed by atoms with Crippen LogP contribution in [0.5, 0.6) is 5.75 Å². The minimum atomic E-state index is -0.248. The second-order valence-electron chi connectivity index (χ2n) is 6.76. The molecule has 2 rings (SSSR count). The molecule has 0 bridgehead atoms. The van der Waals surface area contributed by atoms with Crippen molar-refractivity contribution >= 4 is 5.91 Å². The van der Waals surface area contributed by atoms with Crippen molar-refractivity contribution in [2.45, 2.75) is 32.6 Å². The van der Waals surface area contributed by atoms with Crippen LogP contribution in [0.3, 0.4) is 0 Å². The van der Waals surface area contributed by atoms with Crippen LogP contribution in [0.15, 0.2) is 48.5 Å². The van der Waals surface area contributed by atoms with Gasteiger partial charge in [0.15, 0.2) is 6.61 Å². The van der Waals surface area contributed by atoms with Crippen molar-refractivity contribution in [3.05, 3.63) is 65.5 Å². The molecular weight excluding hydrogens is 305 g/mol. The second kappa shape index (κ2) is 7.95. The quantitative estimate of drug-likeness (QED) is 0.874. The van der Waals surface area contributed by atoms with Crippen LogP contribution in [0, 0.1) is 5.82 Å². The van der Waals surface area contributed by atoms with Crippen molar-refractivity contribution < 1.29 is 13.9 Å². The summed E-state index contributed by atoms with van der Waals surface area (Å²) >= 11 is 0. The predicted octanol–water partition coefficient (Wildman–Crippen LogP) is 3.86. The van der Waals surface area contributed by atoms with Crippen LogP contribution in [-0.4, -0.2) is 19.1 Å². The fourth-order valence-electron chi connectivity index (χ4n) is 2.29. The molecule has 128 valence electrons. The first-order valence-corrected chi connectivity index (χ1v) is 8.10. The van der Waals surface area contributed by atoms with E-state index in [2.05, 4.69) is 26.1 Å². The highest BCUT2D eigenvalue weighted by molar-refractivity contribution is 5.77. The smallest absolute Gasteiger partial charge is 0.257 e. The standard InChI is InChI=1S/C20H24FNO2/c1-20(2,3)16-8-6-9-17(13-16)24-14-19(23)22-12-11-15-7-4-5-10-18(15)21/h4-10,13H,11-12,14H2,1-3H3,(H,22,23). The van der Waals surface area contributed by atoms with E-state index in [0.717, 1.165) is 5.56 Å². The molecule has 0 radical (unpaired) electrons. The van der Waals surface area contributed by atoms with E-state index in [4.69, 9.17) is 4.74 Å². The highest BCUT2D eigenvalue weighted by atomic mass is 19.1. The normalized spacial score (nSPS) is 11.2. The van der Waals surface area contributed by atoms with Crippen molar-refractivity contribution in [1.82, 2.24) is 5.32 Å². The SMILES string of the molecule is CC(C)(C)c1cccc(OCC(=O)NCCc2ccccc2F)c1. The van der Waals surface area contributed by atoms with E-state index in [0.29, 0.717) is 24.3 Å². The number of hydrogen-bond donors (Lipinski definition) is 1. The van der Waals surface area contributed by atoms with Crippen LogP contribution in [0.1, 0.15) is 31.9 Å². The Morgan fingerprint density at radius 3 is 2.58 bits per heavy atom. The Bertz CT molecular complexity index is 692. The summed E-state index contributed by atoms with van der Waals surface area (Å²) < 4.78 is 19.0. The maximum Gasteiger partial charge on any atom is 0.257 e. The summed E-state index contributed by atoms with van der Waals surface area (Å²) in [6, 6.07) is 14.3. The number of amides is 1. The lowest BCUT2D eigenvalue weighted by molar-refractivity contribution is -0.123. The molecule has 0 aliphatic carbocycles. The Morgan fingerprint density at radius 2 is 1.88 bits per heavy atom. The molecular formula is C20H24FNO2. The summed E-state index contributed by atoms with van der Waals surface area (Å²) in [7, 11) is 0.